The summed E-state index contributed by atoms with van der Waals surface area (Å²) in [4.78, 5) is 41.4. The molecule has 1 aliphatic heterocycles. The molecule has 0 fully saturated rings. The summed E-state index contributed by atoms with van der Waals surface area (Å²) in [5, 5.41) is 0. The van der Waals surface area contributed by atoms with Crippen LogP contribution < -0.4 is 9.80 Å². The van der Waals surface area contributed by atoms with Gasteiger partial charge in [0.05, 0.1) is 31.0 Å². The molecule has 2 aromatic rings. The van der Waals surface area contributed by atoms with Gasteiger partial charge in [-0.2, -0.15) is 0 Å². The van der Waals surface area contributed by atoms with Crippen LogP contribution in [0.3, 0.4) is 0 Å². The van der Waals surface area contributed by atoms with Crippen molar-refractivity contribution >= 4 is 35.4 Å². The SMILES string of the molecule is CCOC(=O)N1c2cc(C)c(C)cc2N(C(=O)OCC)C1CC(=O)/C=C/c1ccccc1. The predicted octanol–water partition coefficient (Wildman–Crippen LogP) is 5.24. The minimum Gasteiger partial charge on any atom is -0.449 e. The van der Waals surface area contributed by atoms with E-state index < -0.39 is 18.4 Å². The molecule has 2 aromatic carbocycles. The Morgan fingerprint density at radius 3 is 1.84 bits per heavy atom. The first kappa shape index (κ1) is 23.1. The van der Waals surface area contributed by atoms with E-state index in [1.54, 1.807) is 19.9 Å². The van der Waals surface area contributed by atoms with Crippen molar-refractivity contribution < 1.29 is 23.9 Å². The minimum atomic E-state index is -0.891. The van der Waals surface area contributed by atoms with Crippen molar-refractivity contribution in [2.24, 2.45) is 0 Å². The highest BCUT2D eigenvalue weighted by Gasteiger charge is 2.45. The van der Waals surface area contributed by atoms with Gasteiger partial charge in [-0.25, -0.2) is 9.59 Å². The number of ketones is 1. The van der Waals surface area contributed by atoms with Gasteiger partial charge in [-0.05, 0) is 62.6 Å². The highest BCUT2D eigenvalue weighted by Crippen LogP contribution is 2.43. The normalized spacial score (nSPS) is 13.4. The maximum absolute atomic E-state index is 12.9. The summed E-state index contributed by atoms with van der Waals surface area (Å²) in [6.45, 7) is 7.61. The Balaban J connectivity index is 2.00. The van der Waals surface area contributed by atoms with Crippen LogP contribution in [-0.2, 0) is 14.3 Å². The first-order chi connectivity index (χ1) is 15.4. The first-order valence-corrected chi connectivity index (χ1v) is 10.7. The van der Waals surface area contributed by atoms with Gasteiger partial charge >= 0.3 is 12.2 Å². The van der Waals surface area contributed by atoms with Gasteiger partial charge < -0.3 is 9.47 Å². The number of fused-ring (bicyclic) bond motifs is 1. The zero-order valence-electron chi connectivity index (χ0n) is 18.8. The van der Waals surface area contributed by atoms with E-state index in [1.165, 1.54) is 15.9 Å². The standard InChI is InChI=1S/C25H28N2O5/c1-5-31-24(29)26-21-14-17(3)18(4)15-22(21)27(25(30)32-6-2)23(26)16-20(28)13-12-19-10-8-7-9-11-19/h7-15,23H,5-6,16H2,1-4H3/b13-12+. The minimum absolute atomic E-state index is 0.103. The zero-order valence-corrected chi connectivity index (χ0v) is 18.8. The Morgan fingerprint density at radius 1 is 0.875 bits per heavy atom. The van der Waals surface area contributed by atoms with Crippen molar-refractivity contribution in [2.75, 3.05) is 23.0 Å². The van der Waals surface area contributed by atoms with Gasteiger partial charge in [-0.15, -0.1) is 0 Å². The van der Waals surface area contributed by atoms with Crippen molar-refractivity contribution in [3.8, 4) is 0 Å². The molecule has 3 rings (SSSR count). The number of aryl methyl sites for hydroxylation is 2. The summed E-state index contributed by atoms with van der Waals surface area (Å²) in [6.07, 6.45) is 0.941. The van der Waals surface area contributed by atoms with E-state index in [0.717, 1.165) is 16.7 Å². The van der Waals surface area contributed by atoms with E-state index in [2.05, 4.69) is 0 Å². The number of anilines is 2. The van der Waals surface area contributed by atoms with Crippen LogP contribution in [0.5, 0.6) is 0 Å². The molecule has 0 radical (unpaired) electrons. The lowest BCUT2D eigenvalue weighted by atomic mass is 10.1. The Morgan fingerprint density at radius 2 is 1.38 bits per heavy atom. The summed E-state index contributed by atoms with van der Waals surface area (Å²) in [5.74, 6) is -0.233. The molecule has 0 bridgehead atoms. The van der Waals surface area contributed by atoms with Crippen LogP contribution in [0.1, 0.15) is 37.0 Å². The molecule has 0 unspecified atom stereocenters. The number of allylic oxidation sites excluding steroid dienone is 1. The van der Waals surface area contributed by atoms with Crippen LogP contribution in [0.25, 0.3) is 6.08 Å². The molecular formula is C25H28N2O5. The number of ether oxygens (including phenoxy) is 2. The second-order valence-electron chi connectivity index (χ2n) is 7.46. The molecule has 0 aliphatic carbocycles. The topological polar surface area (TPSA) is 76.2 Å². The fourth-order valence-corrected chi connectivity index (χ4v) is 3.62. The molecule has 0 N–H and O–H groups in total. The van der Waals surface area contributed by atoms with E-state index in [4.69, 9.17) is 9.47 Å². The third kappa shape index (κ3) is 4.82. The van der Waals surface area contributed by atoms with Crippen LogP contribution in [0.4, 0.5) is 21.0 Å². The van der Waals surface area contributed by atoms with Gasteiger partial charge in [0.1, 0.15) is 6.17 Å². The van der Waals surface area contributed by atoms with Crippen LogP contribution >= 0.6 is 0 Å². The lowest BCUT2D eigenvalue weighted by molar-refractivity contribution is -0.114. The van der Waals surface area contributed by atoms with Crippen molar-refractivity contribution in [1.29, 1.82) is 0 Å². The van der Waals surface area contributed by atoms with Crippen molar-refractivity contribution in [1.82, 2.24) is 0 Å². The molecule has 0 saturated heterocycles. The lowest BCUT2D eigenvalue weighted by Crippen LogP contribution is -2.50. The van der Waals surface area contributed by atoms with Crippen molar-refractivity contribution in [3.63, 3.8) is 0 Å². The fourth-order valence-electron chi connectivity index (χ4n) is 3.62. The highest BCUT2D eigenvalue weighted by molar-refractivity contribution is 6.07. The van der Waals surface area contributed by atoms with Crippen molar-refractivity contribution in [2.45, 2.75) is 40.3 Å². The molecule has 2 amide bonds. The summed E-state index contributed by atoms with van der Waals surface area (Å²) in [5.41, 5.74) is 3.83. The number of nitrogens with zero attached hydrogens (tertiary/aromatic N) is 2. The molecule has 1 aliphatic rings. The number of hydrogen-bond donors (Lipinski definition) is 0. The quantitative estimate of drug-likeness (QED) is 0.579. The molecule has 32 heavy (non-hydrogen) atoms. The Kier molecular flexibility index (Phi) is 7.30. The molecular weight excluding hydrogens is 408 g/mol. The number of carbonyl (C=O) groups is 3. The van der Waals surface area contributed by atoms with E-state index >= 15 is 0 Å². The Bertz CT molecular complexity index is 981. The number of rotatable bonds is 6. The van der Waals surface area contributed by atoms with Gasteiger partial charge in [-0.1, -0.05) is 36.4 Å². The molecule has 0 saturated carbocycles. The van der Waals surface area contributed by atoms with E-state index in [0.29, 0.717) is 11.4 Å². The maximum Gasteiger partial charge on any atom is 0.416 e. The first-order valence-electron chi connectivity index (χ1n) is 10.7. The number of hydrogen-bond acceptors (Lipinski definition) is 5. The lowest BCUT2D eigenvalue weighted by Gasteiger charge is -2.28. The summed E-state index contributed by atoms with van der Waals surface area (Å²) in [6, 6.07) is 13.1. The molecule has 1 heterocycles. The van der Waals surface area contributed by atoms with Crippen LogP contribution in [0, 0.1) is 13.8 Å². The number of carbonyl (C=O) groups excluding carboxylic acids is 3. The summed E-state index contributed by atoms with van der Waals surface area (Å²) < 4.78 is 10.5. The van der Waals surface area contributed by atoms with Gasteiger partial charge in [0.15, 0.2) is 5.78 Å². The second-order valence-corrected chi connectivity index (χ2v) is 7.46. The monoisotopic (exact) mass is 436 g/mol. The third-order valence-corrected chi connectivity index (χ3v) is 5.28. The Labute approximate surface area is 188 Å². The third-order valence-electron chi connectivity index (χ3n) is 5.28. The smallest absolute Gasteiger partial charge is 0.416 e. The van der Waals surface area contributed by atoms with E-state index in [-0.39, 0.29) is 25.4 Å². The molecule has 0 aromatic heterocycles. The van der Waals surface area contributed by atoms with E-state index in [1.807, 2.05) is 56.3 Å². The average molecular weight is 437 g/mol. The zero-order chi connectivity index (χ0) is 23.3. The van der Waals surface area contributed by atoms with Gasteiger partial charge in [0.25, 0.3) is 0 Å². The number of amides is 2. The van der Waals surface area contributed by atoms with Crippen LogP contribution in [-0.4, -0.2) is 37.3 Å². The predicted molar refractivity (Wildman–Crippen MR) is 124 cm³/mol. The highest BCUT2D eigenvalue weighted by atomic mass is 16.6. The van der Waals surface area contributed by atoms with Gasteiger partial charge in [-0.3, -0.25) is 14.6 Å². The van der Waals surface area contributed by atoms with Crippen LogP contribution in [0.15, 0.2) is 48.5 Å². The van der Waals surface area contributed by atoms with Gasteiger partial charge in [0.2, 0.25) is 0 Å². The molecule has 7 nitrogen and oxygen atoms in total. The summed E-state index contributed by atoms with van der Waals surface area (Å²) in [7, 11) is 0. The molecule has 0 spiro atoms. The fraction of sp³-hybridized carbons (Fsp3) is 0.320. The number of benzene rings is 2. The van der Waals surface area contributed by atoms with Gasteiger partial charge in [0, 0.05) is 0 Å². The van der Waals surface area contributed by atoms with E-state index in [9.17, 15) is 14.4 Å². The molecule has 0 atom stereocenters. The van der Waals surface area contributed by atoms with Crippen molar-refractivity contribution in [3.05, 3.63) is 65.2 Å². The second kappa shape index (κ2) is 10.1. The molecule has 7 heteroatoms. The summed E-state index contributed by atoms with van der Waals surface area (Å²) >= 11 is 0. The molecule has 168 valence electrons. The average Bonchev–Trinajstić information content (AvgIpc) is 3.06. The Hall–Kier alpha value is -3.61. The largest absolute Gasteiger partial charge is 0.449 e. The maximum atomic E-state index is 12.9. The van der Waals surface area contributed by atoms with Crippen LogP contribution in [0.2, 0.25) is 0 Å².